The molecule has 0 heterocycles. The Balaban J connectivity index is 1.83. The van der Waals surface area contributed by atoms with E-state index in [1.54, 1.807) is 0 Å². The van der Waals surface area contributed by atoms with Gasteiger partial charge in [-0.15, -0.1) is 0 Å². The standard InChI is InChI=1S/C24H34N2O4/c1-5-28-23-15-20(16-25-13-6-14-29-18(2)3)9-12-22(23)30-17-24(27)26-21-10-7-19(4)8-11-21/h7-12,15,18,25H,5-6,13-14,16-17H2,1-4H3,(H,26,27). The van der Waals surface area contributed by atoms with Crippen molar-refractivity contribution in [2.45, 2.75) is 46.8 Å². The third-order valence-electron chi connectivity index (χ3n) is 4.28. The molecule has 0 aliphatic heterocycles. The van der Waals surface area contributed by atoms with Crippen molar-refractivity contribution >= 4 is 11.6 Å². The second-order valence-electron chi connectivity index (χ2n) is 7.37. The second-order valence-corrected chi connectivity index (χ2v) is 7.37. The number of nitrogens with one attached hydrogen (secondary N) is 2. The molecule has 6 nitrogen and oxygen atoms in total. The van der Waals surface area contributed by atoms with Gasteiger partial charge in [-0.1, -0.05) is 23.8 Å². The van der Waals surface area contributed by atoms with Gasteiger partial charge < -0.3 is 24.8 Å². The van der Waals surface area contributed by atoms with Gasteiger partial charge in [0.15, 0.2) is 18.1 Å². The Hall–Kier alpha value is -2.57. The van der Waals surface area contributed by atoms with Crippen molar-refractivity contribution in [1.29, 1.82) is 0 Å². The summed E-state index contributed by atoms with van der Waals surface area (Å²) < 4.78 is 17.0. The number of ether oxygens (including phenoxy) is 3. The van der Waals surface area contributed by atoms with Crippen LogP contribution in [0.2, 0.25) is 0 Å². The highest BCUT2D eigenvalue weighted by atomic mass is 16.5. The number of hydrogen-bond acceptors (Lipinski definition) is 5. The Bertz CT molecular complexity index is 775. The number of hydrogen-bond donors (Lipinski definition) is 2. The van der Waals surface area contributed by atoms with E-state index in [1.807, 2.05) is 70.2 Å². The van der Waals surface area contributed by atoms with E-state index in [0.29, 0.717) is 18.1 Å². The molecule has 0 bridgehead atoms. The van der Waals surface area contributed by atoms with Crippen LogP contribution in [-0.2, 0) is 16.1 Å². The van der Waals surface area contributed by atoms with Gasteiger partial charge in [0.2, 0.25) is 0 Å². The zero-order valence-corrected chi connectivity index (χ0v) is 18.5. The molecule has 0 fully saturated rings. The van der Waals surface area contributed by atoms with Crippen LogP contribution in [-0.4, -0.2) is 38.4 Å². The Kier molecular flexibility index (Phi) is 10.2. The summed E-state index contributed by atoms with van der Waals surface area (Å²) in [5, 5.41) is 6.23. The van der Waals surface area contributed by atoms with Crippen LogP contribution >= 0.6 is 0 Å². The smallest absolute Gasteiger partial charge is 0.262 e. The lowest BCUT2D eigenvalue weighted by atomic mass is 10.2. The van der Waals surface area contributed by atoms with Gasteiger partial charge in [-0.05, 0) is 70.5 Å². The van der Waals surface area contributed by atoms with Crippen molar-refractivity contribution in [3.8, 4) is 11.5 Å². The highest BCUT2D eigenvalue weighted by Gasteiger charge is 2.10. The number of amides is 1. The predicted octanol–water partition coefficient (Wildman–Crippen LogP) is 4.32. The van der Waals surface area contributed by atoms with E-state index in [4.69, 9.17) is 14.2 Å². The highest BCUT2D eigenvalue weighted by Crippen LogP contribution is 2.28. The molecule has 0 aromatic heterocycles. The van der Waals surface area contributed by atoms with E-state index in [2.05, 4.69) is 10.6 Å². The van der Waals surface area contributed by atoms with Gasteiger partial charge in [-0.25, -0.2) is 0 Å². The first-order valence-corrected chi connectivity index (χ1v) is 10.5. The maximum atomic E-state index is 12.2. The molecule has 6 heteroatoms. The highest BCUT2D eigenvalue weighted by molar-refractivity contribution is 5.91. The van der Waals surface area contributed by atoms with Crippen molar-refractivity contribution in [2.75, 3.05) is 31.7 Å². The summed E-state index contributed by atoms with van der Waals surface area (Å²) in [5.74, 6) is 0.990. The van der Waals surface area contributed by atoms with Gasteiger partial charge in [0.25, 0.3) is 5.91 Å². The molecule has 2 rings (SSSR count). The van der Waals surface area contributed by atoms with Gasteiger partial charge in [-0.3, -0.25) is 4.79 Å². The largest absolute Gasteiger partial charge is 0.490 e. The summed E-state index contributed by atoms with van der Waals surface area (Å²) in [7, 11) is 0. The monoisotopic (exact) mass is 414 g/mol. The van der Waals surface area contributed by atoms with E-state index in [0.717, 1.165) is 42.9 Å². The van der Waals surface area contributed by atoms with Crippen molar-refractivity contribution in [1.82, 2.24) is 5.32 Å². The minimum Gasteiger partial charge on any atom is -0.490 e. The van der Waals surface area contributed by atoms with Crippen LogP contribution in [0.15, 0.2) is 42.5 Å². The minimum atomic E-state index is -0.212. The molecule has 30 heavy (non-hydrogen) atoms. The second kappa shape index (κ2) is 12.9. The Morgan fingerprint density at radius 3 is 2.50 bits per heavy atom. The molecule has 0 aliphatic rings. The number of aryl methyl sites for hydroxylation is 1. The molecule has 0 spiro atoms. The quantitative estimate of drug-likeness (QED) is 0.478. The summed E-state index contributed by atoms with van der Waals surface area (Å²) in [6.07, 6.45) is 1.23. The van der Waals surface area contributed by atoms with Gasteiger partial charge >= 0.3 is 0 Å². The maximum absolute atomic E-state index is 12.2. The third kappa shape index (κ3) is 8.84. The van der Waals surface area contributed by atoms with Crippen molar-refractivity contribution in [3.63, 3.8) is 0 Å². The molecule has 2 aromatic carbocycles. The summed E-state index contributed by atoms with van der Waals surface area (Å²) in [4.78, 5) is 12.2. The Labute approximate surface area is 179 Å². The first-order chi connectivity index (χ1) is 14.5. The van der Waals surface area contributed by atoms with Gasteiger partial charge in [0.1, 0.15) is 0 Å². The summed E-state index contributed by atoms with van der Waals surface area (Å²) >= 11 is 0. The van der Waals surface area contributed by atoms with E-state index < -0.39 is 0 Å². The van der Waals surface area contributed by atoms with Gasteiger partial charge in [0.05, 0.1) is 12.7 Å². The first kappa shape index (κ1) is 23.7. The molecular weight excluding hydrogens is 380 g/mol. The van der Waals surface area contributed by atoms with E-state index in [1.165, 1.54) is 0 Å². The fourth-order valence-electron chi connectivity index (χ4n) is 2.78. The number of anilines is 1. The molecule has 0 atom stereocenters. The predicted molar refractivity (Wildman–Crippen MR) is 120 cm³/mol. The minimum absolute atomic E-state index is 0.0819. The van der Waals surface area contributed by atoms with Crippen LogP contribution in [0.4, 0.5) is 5.69 Å². The maximum Gasteiger partial charge on any atom is 0.262 e. The normalized spacial score (nSPS) is 10.8. The zero-order chi connectivity index (χ0) is 21.8. The zero-order valence-electron chi connectivity index (χ0n) is 18.5. The summed E-state index contributed by atoms with van der Waals surface area (Å²) in [6.45, 7) is 10.8. The van der Waals surface area contributed by atoms with Crippen LogP contribution < -0.4 is 20.1 Å². The SMILES string of the molecule is CCOc1cc(CNCCCOC(C)C)ccc1OCC(=O)Nc1ccc(C)cc1. The summed E-state index contributed by atoms with van der Waals surface area (Å²) in [5.41, 5.74) is 2.99. The fourth-order valence-corrected chi connectivity index (χ4v) is 2.78. The van der Waals surface area contributed by atoms with E-state index in [-0.39, 0.29) is 18.6 Å². The topological polar surface area (TPSA) is 68.8 Å². The molecule has 0 aliphatic carbocycles. The molecule has 1 amide bonds. The van der Waals surface area contributed by atoms with Crippen molar-refractivity contribution in [3.05, 3.63) is 53.6 Å². The van der Waals surface area contributed by atoms with Crippen LogP contribution in [0, 0.1) is 6.92 Å². The lowest BCUT2D eigenvalue weighted by molar-refractivity contribution is -0.118. The molecule has 164 valence electrons. The Morgan fingerprint density at radius 1 is 1.03 bits per heavy atom. The molecule has 2 aromatic rings. The van der Waals surface area contributed by atoms with Gasteiger partial charge in [-0.2, -0.15) is 0 Å². The molecular formula is C24H34N2O4. The number of rotatable bonds is 13. The molecule has 0 unspecified atom stereocenters. The van der Waals surface area contributed by atoms with Crippen LogP contribution in [0.25, 0.3) is 0 Å². The molecule has 2 N–H and O–H groups in total. The molecule has 0 radical (unpaired) electrons. The van der Waals surface area contributed by atoms with E-state index >= 15 is 0 Å². The third-order valence-corrected chi connectivity index (χ3v) is 4.28. The average molecular weight is 415 g/mol. The van der Waals surface area contributed by atoms with Gasteiger partial charge in [0, 0.05) is 18.8 Å². The molecule has 0 saturated carbocycles. The summed E-state index contributed by atoms with van der Waals surface area (Å²) in [6, 6.07) is 13.4. The van der Waals surface area contributed by atoms with Crippen LogP contribution in [0.3, 0.4) is 0 Å². The average Bonchev–Trinajstić information content (AvgIpc) is 2.71. The molecule has 0 saturated heterocycles. The number of benzene rings is 2. The lowest BCUT2D eigenvalue weighted by Crippen LogP contribution is -2.20. The van der Waals surface area contributed by atoms with E-state index in [9.17, 15) is 4.79 Å². The van der Waals surface area contributed by atoms with Crippen LogP contribution in [0.5, 0.6) is 11.5 Å². The first-order valence-electron chi connectivity index (χ1n) is 10.5. The van der Waals surface area contributed by atoms with Crippen molar-refractivity contribution < 1.29 is 19.0 Å². The lowest BCUT2D eigenvalue weighted by Gasteiger charge is -2.14. The fraction of sp³-hybridized carbons (Fsp3) is 0.458. The van der Waals surface area contributed by atoms with Crippen molar-refractivity contribution in [2.24, 2.45) is 0 Å². The van der Waals surface area contributed by atoms with Crippen LogP contribution in [0.1, 0.15) is 38.3 Å². The Morgan fingerprint density at radius 2 is 1.80 bits per heavy atom. The number of carbonyl (C=O) groups excluding carboxylic acids is 1. The number of carbonyl (C=O) groups is 1.